The van der Waals surface area contributed by atoms with Gasteiger partial charge in [0.05, 0.1) is 25.4 Å². The molecule has 4 rings (SSSR count). The van der Waals surface area contributed by atoms with Crippen molar-refractivity contribution in [3.63, 3.8) is 0 Å². The first-order valence-electron chi connectivity index (χ1n) is 9.08. The highest BCUT2D eigenvalue weighted by atomic mass is 16.5. The molecule has 0 radical (unpaired) electrons. The molecule has 3 heterocycles. The Kier molecular flexibility index (Phi) is 4.31. The van der Waals surface area contributed by atoms with Gasteiger partial charge in [0.2, 0.25) is 5.91 Å². The maximum absolute atomic E-state index is 12.3. The first kappa shape index (κ1) is 16.0. The number of likely N-dealkylation sites (tertiary alicyclic amines) is 1. The number of nitrogens with zero attached hydrogens (tertiary/aromatic N) is 2. The Labute approximate surface area is 143 Å². The molecule has 1 saturated carbocycles. The summed E-state index contributed by atoms with van der Waals surface area (Å²) in [5.74, 6) is 1.70. The lowest BCUT2D eigenvalue weighted by Gasteiger charge is -2.50. The number of carbonyl (C=O) groups excluding carboxylic acids is 1. The molecule has 3 atom stereocenters. The van der Waals surface area contributed by atoms with Gasteiger partial charge >= 0.3 is 0 Å². The van der Waals surface area contributed by atoms with E-state index in [2.05, 4.69) is 11.9 Å². The third-order valence-corrected chi connectivity index (χ3v) is 5.84. The largest absolute Gasteiger partial charge is 0.375 e. The maximum atomic E-state index is 12.3. The molecule has 1 aromatic heterocycles. The number of aromatic nitrogens is 1. The fourth-order valence-electron chi connectivity index (χ4n) is 4.08. The molecule has 1 amide bonds. The van der Waals surface area contributed by atoms with E-state index in [1.54, 1.807) is 6.20 Å². The van der Waals surface area contributed by atoms with Crippen molar-refractivity contribution in [3.8, 4) is 0 Å². The van der Waals surface area contributed by atoms with Crippen LogP contribution in [0.1, 0.15) is 31.9 Å². The Morgan fingerprint density at radius 2 is 2.29 bits per heavy atom. The number of hydrogen-bond acceptors (Lipinski definition) is 4. The minimum Gasteiger partial charge on any atom is -0.375 e. The van der Waals surface area contributed by atoms with Crippen LogP contribution >= 0.6 is 0 Å². The topological polar surface area (TPSA) is 51.7 Å². The van der Waals surface area contributed by atoms with Gasteiger partial charge in [-0.15, -0.1) is 0 Å². The van der Waals surface area contributed by atoms with Crippen molar-refractivity contribution in [2.24, 2.45) is 17.8 Å². The fraction of sp³-hybridized carbons (Fsp3) is 0.684. The van der Waals surface area contributed by atoms with E-state index in [0.29, 0.717) is 24.3 Å². The van der Waals surface area contributed by atoms with Crippen molar-refractivity contribution in [3.05, 3.63) is 30.1 Å². The predicted octanol–water partition coefficient (Wildman–Crippen LogP) is 2.26. The molecule has 3 fully saturated rings. The van der Waals surface area contributed by atoms with Crippen molar-refractivity contribution in [2.45, 2.75) is 38.4 Å². The van der Waals surface area contributed by atoms with Gasteiger partial charge in [0, 0.05) is 25.3 Å². The standard InChI is InChI=1S/C19H26N2O3/c1-14-10-17(14)18(22)21-12-19(13-21)15(6-9-24-19)5-8-23-11-16-4-2-3-7-20-16/h2-4,7,14-15,17H,5-6,8-13H2,1H3/t14-,15+,17-/m1/s1. The van der Waals surface area contributed by atoms with Crippen molar-refractivity contribution in [1.29, 1.82) is 0 Å². The van der Waals surface area contributed by atoms with Gasteiger partial charge in [-0.25, -0.2) is 0 Å². The van der Waals surface area contributed by atoms with Crippen molar-refractivity contribution < 1.29 is 14.3 Å². The van der Waals surface area contributed by atoms with E-state index >= 15 is 0 Å². The monoisotopic (exact) mass is 330 g/mol. The molecule has 2 saturated heterocycles. The van der Waals surface area contributed by atoms with Crippen LogP contribution in [0.15, 0.2) is 24.4 Å². The SMILES string of the molecule is C[C@@H]1C[C@H]1C(=O)N1CC2(C1)OCC[C@@H]2CCOCc1ccccn1. The number of hydrogen-bond donors (Lipinski definition) is 0. The zero-order valence-electron chi connectivity index (χ0n) is 14.3. The van der Waals surface area contributed by atoms with Crippen LogP contribution < -0.4 is 0 Å². The second-order valence-corrected chi connectivity index (χ2v) is 7.57. The Morgan fingerprint density at radius 3 is 3.00 bits per heavy atom. The van der Waals surface area contributed by atoms with Gasteiger partial charge in [-0.3, -0.25) is 9.78 Å². The van der Waals surface area contributed by atoms with Gasteiger partial charge in [-0.2, -0.15) is 0 Å². The summed E-state index contributed by atoms with van der Waals surface area (Å²) >= 11 is 0. The van der Waals surface area contributed by atoms with Crippen LogP contribution in [0.25, 0.3) is 0 Å². The summed E-state index contributed by atoms with van der Waals surface area (Å²) in [5, 5.41) is 0. The Morgan fingerprint density at radius 1 is 1.46 bits per heavy atom. The maximum Gasteiger partial charge on any atom is 0.226 e. The second kappa shape index (κ2) is 6.45. The summed E-state index contributed by atoms with van der Waals surface area (Å²) in [6.45, 7) is 5.81. The average molecular weight is 330 g/mol. The second-order valence-electron chi connectivity index (χ2n) is 7.57. The molecule has 130 valence electrons. The molecular weight excluding hydrogens is 304 g/mol. The summed E-state index contributed by atoms with van der Waals surface area (Å²) in [5.41, 5.74) is 0.871. The van der Waals surface area contributed by atoms with Gasteiger partial charge in [0.25, 0.3) is 0 Å². The molecule has 5 nitrogen and oxygen atoms in total. The zero-order chi connectivity index (χ0) is 16.6. The molecule has 1 aliphatic carbocycles. The fourth-order valence-corrected chi connectivity index (χ4v) is 4.08. The van der Waals surface area contributed by atoms with E-state index in [1.165, 1.54) is 0 Å². The summed E-state index contributed by atoms with van der Waals surface area (Å²) in [6, 6.07) is 5.87. The van der Waals surface area contributed by atoms with Crippen molar-refractivity contribution in [1.82, 2.24) is 9.88 Å². The van der Waals surface area contributed by atoms with E-state index in [-0.39, 0.29) is 11.5 Å². The van der Waals surface area contributed by atoms with Crippen molar-refractivity contribution >= 4 is 5.91 Å². The minimum atomic E-state index is -0.0951. The summed E-state index contributed by atoms with van der Waals surface area (Å²) < 4.78 is 11.8. The molecule has 0 aromatic carbocycles. The summed E-state index contributed by atoms with van der Waals surface area (Å²) in [6.07, 6.45) is 4.93. The zero-order valence-corrected chi connectivity index (χ0v) is 14.3. The number of carbonyl (C=O) groups is 1. The molecule has 5 heteroatoms. The van der Waals surface area contributed by atoms with E-state index in [1.807, 2.05) is 23.1 Å². The Balaban J connectivity index is 1.22. The van der Waals surface area contributed by atoms with Gasteiger partial charge in [-0.1, -0.05) is 13.0 Å². The van der Waals surface area contributed by atoms with Gasteiger partial charge in [0.15, 0.2) is 0 Å². The van der Waals surface area contributed by atoms with Crippen LogP contribution in [-0.4, -0.2) is 47.7 Å². The van der Waals surface area contributed by atoms with Gasteiger partial charge < -0.3 is 14.4 Å². The van der Waals surface area contributed by atoms with E-state index in [4.69, 9.17) is 9.47 Å². The summed E-state index contributed by atoms with van der Waals surface area (Å²) in [7, 11) is 0. The van der Waals surface area contributed by atoms with Gasteiger partial charge in [-0.05, 0) is 43.2 Å². The number of amides is 1. The Hall–Kier alpha value is -1.46. The number of pyridine rings is 1. The number of ether oxygens (including phenoxy) is 2. The van der Waals surface area contributed by atoms with Crippen LogP contribution in [0, 0.1) is 17.8 Å². The highest BCUT2D eigenvalue weighted by Gasteiger charge is 2.56. The van der Waals surface area contributed by atoms with Crippen LogP contribution in [0.2, 0.25) is 0 Å². The molecule has 3 aliphatic rings. The lowest BCUT2D eigenvalue weighted by molar-refractivity contribution is -0.167. The number of rotatable bonds is 6. The van der Waals surface area contributed by atoms with E-state index in [9.17, 15) is 4.79 Å². The van der Waals surface area contributed by atoms with Crippen LogP contribution in [0.4, 0.5) is 0 Å². The molecule has 24 heavy (non-hydrogen) atoms. The lowest BCUT2D eigenvalue weighted by Crippen LogP contribution is -2.66. The van der Waals surface area contributed by atoms with Gasteiger partial charge in [0.1, 0.15) is 5.60 Å². The lowest BCUT2D eigenvalue weighted by atomic mass is 9.79. The summed E-state index contributed by atoms with van der Waals surface area (Å²) in [4.78, 5) is 18.6. The van der Waals surface area contributed by atoms with E-state index < -0.39 is 0 Å². The predicted molar refractivity (Wildman–Crippen MR) is 89.2 cm³/mol. The highest BCUT2D eigenvalue weighted by Crippen LogP contribution is 2.45. The first-order valence-corrected chi connectivity index (χ1v) is 9.08. The quantitative estimate of drug-likeness (QED) is 0.751. The third-order valence-electron chi connectivity index (χ3n) is 5.84. The third kappa shape index (κ3) is 3.07. The van der Waals surface area contributed by atoms with Crippen LogP contribution in [0.5, 0.6) is 0 Å². The molecular formula is C19H26N2O3. The van der Waals surface area contributed by atoms with Crippen LogP contribution in [-0.2, 0) is 20.9 Å². The molecule has 1 aromatic rings. The first-order chi connectivity index (χ1) is 11.7. The molecule has 2 aliphatic heterocycles. The van der Waals surface area contributed by atoms with E-state index in [0.717, 1.165) is 51.3 Å². The van der Waals surface area contributed by atoms with Crippen molar-refractivity contribution in [2.75, 3.05) is 26.3 Å². The normalized spacial score (nSPS) is 30.4. The molecule has 1 spiro atoms. The average Bonchev–Trinajstić information content (AvgIpc) is 3.14. The minimum absolute atomic E-state index is 0.0951. The molecule has 0 bridgehead atoms. The molecule has 0 unspecified atom stereocenters. The molecule has 0 N–H and O–H groups in total. The smallest absolute Gasteiger partial charge is 0.226 e. The Bertz CT molecular complexity index is 586. The van der Waals surface area contributed by atoms with Crippen LogP contribution in [0.3, 0.4) is 0 Å². The highest BCUT2D eigenvalue weighted by molar-refractivity contribution is 5.82.